The molecule has 0 aliphatic carbocycles. The van der Waals surface area contributed by atoms with Gasteiger partial charge in [0.2, 0.25) is 0 Å². The van der Waals surface area contributed by atoms with E-state index >= 15 is 0 Å². The fourth-order valence-electron chi connectivity index (χ4n) is 1.83. The smallest absolute Gasteiger partial charge is 0.279 e. The Morgan fingerprint density at radius 3 is 2.36 bits per heavy atom. The van der Waals surface area contributed by atoms with Crippen LogP contribution in [0.3, 0.4) is 0 Å². The molecule has 0 unspecified atom stereocenters. The summed E-state index contributed by atoms with van der Waals surface area (Å²) in [6.45, 7) is 2.25. The lowest BCUT2D eigenvalue weighted by Crippen LogP contribution is -3.00. The van der Waals surface area contributed by atoms with Gasteiger partial charge in [-0.15, -0.1) is 0 Å². The van der Waals surface area contributed by atoms with Crippen molar-refractivity contribution in [2.24, 2.45) is 0 Å². The number of likely N-dealkylation sites (N-methyl/N-ethyl adjacent to an activating group) is 2. The van der Waals surface area contributed by atoms with Gasteiger partial charge in [-0.2, -0.15) is 0 Å². The number of benzene rings is 1. The average molecular weight is 302 g/mol. The summed E-state index contributed by atoms with van der Waals surface area (Å²) in [7, 11) is 4.29. The van der Waals surface area contributed by atoms with Crippen LogP contribution < -0.4 is 24.0 Å². The molecule has 76 valence electrons. The average Bonchev–Trinajstić information content (AvgIpc) is 2.48. The number of rotatable bonds is 1. The molecule has 0 atom stereocenters. The molecule has 0 saturated carbocycles. The van der Waals surface area contributed by atoms with Gasteiger partial charge in [0.1, 0.15) is 13.1 Å². The van der Waals surface area contributed by atoms with E-state index in [-0.39, 0.29) is 24.0 Å². The number of hydrogen-bond acceptors (Lipinski definition) is 1. The largest absolute Gasteiger partial charge is 1.00 e. The predicted molar refractivity (Wildman–Crippen MR) is 54.2 cm³/mol. The number of amidine groups is 1. The highest BCUT2D eigenvalue weighted by Gasteiger charge is 2.25. The summed E-state index contributed by atoms with van der Waals surface area (Å²) in [6, 6.07) is 10.5. The van der Waals surface area contributed by atoms with Gasteiger partial charge < -0.3 is 24.0 Å². The molecule has 0 saturated heterocycles. The van der Waals surface area contributed by atoms with Gasteiger partial charge in [-0.05, 0) is 12.1 Å². The maximum Gasteiger partial charge on any atom is 0.279 e. The molecule has 0 spiro atoms. The van der Waals surface area contributed by atoms with Crippen molar-refractivity contribution in [2.75, 3.05) is 27.2 Å². The quantitative estimate of drug-likeness (QED) is 0.431. The van der Waals surface area contributed by atoms with Crippen LogP contribution in [0.1, 0.15) is 5.56 Å². The Hall–Kier alpha value is -0.580. The van der Waals surface area contributed by atoms with E-state index in [4.69, 9.17) is 0 Å². The van der Waals surface area contributed by atoms with E-state index < -0.39 is 0 Å². The van der Waals surface area contributed by atoms with Crippen LogP contribution in [0.15, 0.2) is 30.3 Å². The highest BCUT2D eigenvalue weighted by atomic mass is 127. The normalized spacial score (nSPS) is 15.7. The Balaban J connectivity index is 0.000000980. The third kappa shape index (κ3) is 2.08. The minimum absolute atomic E-state index is 0. The Morgan fingerprint density at radius 2 is 1.86 bits per heavy atom. The third-order valence-corrected chi connectivity index (χ3v) is 2.53. The lowest BCUT2D eigenvalue weighted by Gasteiger charge is -2.06. The van der Waals surface area contributed by atoms with Gasteiger partial charge in [-0.25, -0.2) is 0 Å². The van der Waals surface area contributed by atoms with E-state index in [0.29, 0.717) is 0 Å². The van der Waals surface area contributed by atoms with Crippen molar-refractivity contribution in [2.45, 2.75) is 0 Å². The van der Waals surface area contributed by atoms with Crippen molar-refractivity contribution in [3.8, 4) is 0 Å². The minimum Gasteiger partial charge on any atom is -1.00 e. The molecule has 1 aromatic carbocycles. The summed E-state index contributed by atoms with van der Waals surface area (Å²) in [5.41, 5.74) is 1.31. The second-order valence-corrected chi connectivity index (χ2v) is 3.53. The van der Waals surface area contributed by atoms with Crippen LogP contribution in [0, 0.1) is 0 Å². The molecule has 3 heteroatoms. The number of hydrogen-bond donors (Lipinski definition) is 0. The van der Waals surface area contributed by atoms with E-state index in [0.717, 1.165) is 13.1 Å². The van der Waals surface area contributed by atoms with Crippen LogP contribution in [-0.4, -0.2) is 42.5 Å². The fraction of sp³-hybridized carbons (Fsp3) is 0.364. The summed E-state index contributed by atoms with van der Waals surface area (Å²) < 4.78 is 2.30. The van der Waals surface area contributed by atoms with Crippen molar-refractivity contribution in [1.29, 1.82) is 0 Å². The highest BCUT2D eigenvalue weighted by molar-refractivity contribution is 5.95. The van der Waals surface area contributed by atoms with Gasteiger partial charge in [0.15, 0.2) is 0 Å². The van der Waals surface area contributed by atoms with Gasteiger partial charge in [-0.1, -0.05) is 18.2 Å². The van der Waals surface area contributed by atoms with E-state index in [1.54, 1.807) is 0 Å². The molecule has 0 radical (unpaired) electrons. The van der Waals surface area contributed by atoms with E-state index in [9.17, 15) is 0 Å². The van der Waals surface area contributed by atoms with E-state index in [1.165, 1.54) is 11.4 Å². The van der Waals surface area contributed by atoms with Crippen LogP contribution >= 0.6 is 0 Å². The predicted octanol–water partition coefficient (Wildman–Crippen LogP) is -1.98. The molecule has 0 fully saturated rings. The molecule has 0 N–H and O–H groups in total. The van der Waals surface area contributed by atoms with Gasteiger partial charge >= 0.3 is 0 Å². The Labute approximate surface area is 102 Å². The zero-order valence-electron chi connectivity index (χ0n) is 8.57. The van der Waals surface area contributed by atoms with Crippen LogP contribution in [-0.2, 0) is 0 Å². The number of halogens is 1. The highest BCUT2D eigenvalue weighted by Crippen LogP contribution is 2.07. The molecule has 2 nitrogen and oxygen atoms in total. The van der Waals surface area contributed by atoms with Crippen LogP contribution in [0.2, 0.25) is 0 Å². The zero-order chi connectivity index (χ0) is 9.26. The molecule has 0 bridgehead atoms. The van der Waals surface area contributed by atoms with E-state index in [2.05, 4.69) is 53.9 Å². The zero-order valence-corrected chi connectivity index (χ0v) is 10.7. The van der Waals surface area contributed by atoms with Gasteiger partial charge in [-0.3, -0.25) is 9.48 Å². The van der Waals surface area contributed by atoms with Crippen LogP contribution in [0.5, 0.6) is 0 Å². The lowest BCUT2D eigenvalue weighted by atomic mass is 10.2. The Bertz CT molecular complexity index is 332. The molecule has 1 aliphatic rings. The standard InChI is InChI=1S/C11H15N2.HI/c1-12-8-9-13(2)11(12)10-6-4-3-5-7-10;/h3-7H,8-9H2,1-2H3;1H/q+1;/p-1. The molecule has 0 aromatic heterocycles. The summed E-state index contributed by atoms with van der Waals surface area (Å²) >= 11 is 0. The monoisotopic (exact) mass is 302 g/mol. The van der Waals surface area contributed by atoms with Crippen molar-refractivity contribution in [1.82, 2.24) is 4.90 Å². The van der Waals surface area contributed by atoms with Gasteiger partial charge in [0.25, 0.3) is 5.84 Å². The first kappa shape index (κ1) is 11.5. The Morgan fingerprint density at radius 1 is 1.21 bits per heavy atom. The second kappa shape index (κ2) is 4.77. The molecule has 0 amide bonds. The molecule has 1 aromatic rings. The van der Waals surface area contributed by atoms with Gasteiger partial charge in [0.05, 0.1) is 19.7 Å². The molecule has 2 rings (SSSR count). The van der Waals surface area contributed by atoms with Gasteiger partial charge in [0, 0.05) is 0 Å². The molecular formula is C11H15IN2. The maximum absolute atomic E-state index is 2.30. The fourth-order valence-corrected chi connectivity index (χ4v) is 1.83. The Kier molecular flexibility index (Phi) is 3.92. The summed E-state index contributed by atoms with van der Waals surface area (Å²) in [4.78, 5) is 2.30. The second-order valence-electron chi connectivity index (χ2n) is 3.53. The topological polar surface area (TPSA) is 6.25 Å². The first-order chi connectivity index (χ1) is 6.29. The van der Waals surface area contributed by atoms with Crippen molar-refractivity contribution in [3.63, 3.8) is 0 Å². The third-order valence-electron chi connectivity index (χ3n) is 2.53. The van der Waals surface area contributed by atoms with Crippen LogP contribution in [0.25, 0.3) is 0 Å². The number of nitrogens with zero attached hydrogens (tertiary/aromatic N) is 2. The molecule has 1 heterocycles. The minimum atomic E-state index is 0. The summed E-state index contributed by atoms with van der Waals surface area (Å²) in [6.07, 6.45) is 0. The SMILES string of the molecule is CN1CC[N+](C)=C1c1ccccc1.[I-]. The lowest BCUT2D eigenvalue weighted by molar-refractivity contribution is -0.486. The first-order valence-electron chi connectivity index (χ1n) is 4.63. The van der Waals surface area contributed by atoms with Crippen molar-refractivity contribution < 1.29 is 28.6 Å². The molecule has 14 heavy (non-hydrogen) atoms. The van der Waals surface area contributed by atoms with Crippen LogP contribution in [0.4, 0.5) is 0 Å². The first-order valence-corrected chi connectivity index (χ1v) is 4.63. The van der Waals surface area contributed by atoms with E-state index in [1.807, 2.05) is 0 Å². The summed E-state index contributed by atoms with van der Waals surface area (Å²) in [5.74, 6) is 1.33. The maximum atomic E-state index is 2.30. The van der Waals surface area contributed by atoms with Crippen molar-refractivity contribution >= 4 is 5.84 Å². The van der Waals surface area contributed by atoms with Crippen molar-refractivity contribution in [3.05, 3.63) is 35.9 Å². The summed E-state index contributed by atoms with van der Waals surface area (Å²) in [5, 5.41) is 0. The molecular weight excluding hydrogens is 287 g/mol. The molecule has 1 aliphatic heterocycles.